The molecule has 0 bridgehead atoms. The molecule has 1 saturated carbocycles. The number of nitrogens with zero attached hydrogens (tertiary/aromatic N) is 4. The Labute approximate surface area is 197 Å². The summed E-state index contributed by atoms with van der Waals surface area (Å²) in [6, 6.07) is 5.92. The molecule has 10 heteroatoms. The molecule has 2 aromatic rings. The van der Waals surface area contributed by atoms with E-state index in [1.807, 2.05) is 11.0 Å². The Morgan fingerprint density at radius 3 is 2.75 bits per heavy atom. The van der Waals surface area contributed by atoms with Crippen molar-refractivity contribution in [1.29, 1.82) is 0 Å². The maximum absolute atomic E-state index is 14.6. The summed E-state index contributed by atoms with van der Waals surface area (Å²) in [6.45, 7) is 1.11. The average Bonchev–Trinajstić information content (AvgIpc) is 3.53. The van der Waals surface area contributed by atoms with Gasteiger partial charge in [-0.15, -0.1) is 17.5 Å². The lowest BCUT2D eigenvalue weighted by atomic mass is 9.93. The summed E-state index contributed by atoms with van der Waals surface area (Å²) in [5.74, 6) is -0.660. The molecule has 172 valence electrons. The lowest BCUT2D eigenvalue weighted by Gasteiger charge is -2.37. The number of rotatable bonds is 7. The van der Waals surface area contributed by atoms with E-state index in [2.05, 4.69) is 15.0 Å². The monoisotopic (exact) mass is 480 g/mol. The third-order valence-corrected chi connectivity index (χ3v) is 6.32. The molecule has 0 N–H and O–H groups in total. The molecule has 2 aliphatic rings. The fourth-order valence-electron chi connectivity index (χ4n) is 3.92. The number of aromatic nitrogens is 3. The number of thiol groups is 1. The number of ketones is 1. The minimum Gasteiger partial charge on any atom is -0.468 e. The molecule has 4 rings (SSSR count). The maximum atomic E-state index is 14.6. The first-order valence-electron chi connectivity index (χ1n) is 10.3. The number of Topliss-reactive ketones (excluding diaryl/α,β-unsaturated/α-hetero) is 1. The number of halogens is 2. The molecular formula is C22H26ClFN4O3S. The fourth-order valence-corrected chi connectivity index (χ4v) is 4.19. The van der Waals surface area contributed by atoms with Crippen LogP contribution < -0.4 is 0 Å². The van der Waals surface area contributed by atoms with Crippen molar-refractivity contribution in [2.75, 3.05) is 20.2 Å². The molecule has 0 spiro atoms. The normalized spacial score (nSPS) is 21.1. The molecule has 7 nitrogen and oxygen atoms in total. The lowest BCUT2D eigenvalue weighted by Crippen LogP contribution is -2.42. The van der Waals surface area contributed by atoms with Crippen LogP contribution in [0.4, 0.5) is 4.39 Å². The van der Waals surface area contributed by atoms with Crippen LogP contribution in [0.25, 0.3) is 6.08 Å². The summed E-state index contributed by atoms with van der Waals surface area (Å²) in [7, 11) is 1.32. The van der Waals surface area contributed by atoms with E-state index in [4.69, 9.17) is 12.6 Å². The zero-order chi connectivity index (χ0) is 22.0. The van der Waals surface area contributed by atoms with Crippen LogP contribution >= 0.6 is 25.0 Å². The largest absolute Gasteiger partial charge is 0.468 e. The summed E-state index contributed by atoms with van der Waals surface area (Å²) >= 11 is 4.70. The number of piperidine rings is 1. The highest BCUT2D eigenvalue weighted by atomic mass is 35.5. The molecule has 2 fully saturated rings. The van der Waals surface area contributed by atoms with E-state index in [0.717, 1.165) is 24.8 Å². The molecule has 1 aromatic carbocycles. The van der Waals surface area contributed by atoms with Gasteiger partial charge >= 0.3 is 5.97 Å². The van der Waals surface area contributed by atoms with Gasteiger partial charge in [-0.1, -0.05) is 23.4 Å². The number of ether oxygens (including phenoxy) is 1. The van der Waals surface area contributed by atoms with Crippen LogP contribution in [0.15, 0.2) is 36.0 Å². The van der Waals surface area contributed by atoms with Crippen LogP contribution in [-0.4, -0.2) is 57.1 Å². The second-order valence-corrected chi connectivity index (χ2v) is 8.64. The van der Waals surface area contributed by atoms with Gasteiger partial charge in [0, 0.05) is 29.8 Å². The summed E-state index contributed by atoms with van der Waals surface area (Å²) < 4.78 is 20.7. The van der Waals surface area contributed by atoms with Crippen molar-refractivity contribution in [3.63, 3.8) is 0 Å². The molecule has 32 heavy (non-hydrogen) atoms. The number of benzene rings is 1. The van der Waals surface area contributed by atoms with E-state index in [1.165, 1.54) is 17.9 Å². The number of hydrogen-bond acceptors (Lipinski definition) is 7. The number of likely N-dealkylation sites (tertiary alicyclic amines) is 1. The van der Waals surface area contributed by atoms with E-state index in [0.29, 0.717) is 24.3 Å². The zero-order valence-electron chi connectivity index (χ0n) is 17.7. The zero-order valence-corrected chi connectivity index (χ0v) is 19.4. The fraction of sp³-hybridized carbons (Fsp3) is 0.455. The Bertz CT molecular complexity index is 1010. The number of methoxy groups -OCH3 is 1. The second kappa shape index (κ2) is 10.6. The third-order valence-electron chi connectivity index (χ3n) is 5.73. The standard InChI is InChI=1S/C22H25FN4O3S.ClH/c1-30-20(28)13-27-12-16(24-25-27)10-15-11-26(9-8-19(15)31)21(22(29)14-6-7-14)17-4-2-3-5-18(17)23;/h2-5,10,12,14,19,21,31H,6-9,11,13H2,1H3;1H/b15-10-;. The number of esters is 1. The van der Waals surface area contributed by atoms with Crippen LogP contribution in [0.5, 0.6) is 0 Å². The quantitative estimate of drug-likeness (QED) is 0.484. The maximum Gasteiger partial charge on any atom is 0.327 e. The SMILES string of the molecule is COC(=O)Cn1cc(/C=C2/CN(C(C(=O)C3CC3)c3ccccc3F)CCC2S)nn1.Cl. The summed E-state index contributed by atoms with van der Waals surface area (Å²) in [5, 5.41) is 8.04. The minimum absolute atomic E-state index is 0. The number of hydrogen-bond donors (Lipinski definition) is 1. The molecule has 2 unspecified atom stereocenters. The molecule has 1 aliphatic carbocycles. The minimum atomic E-state index is -0.604. The smallest absolute Gasteiger partial charge is 0.327 e. The predicted octanol–water partition coefficient (Wildman–Crippen LogP) is 3.12. The average molecular weight is 481 g/mol. The van der Waals surface area contributed by atoms with Gasteiger partial charge in [-0.2, -0.15) is 12.6 Å². The van der Waals surface area contributed by atoms with Crippen molar-refractivity contribution < 1.29 is 18.7 Å². The number of carbonyl (C=O) groups excluding carboxylic acids is 2. The third kappa shape index (κ3) is 5.57. The van der Waals surface area contributed by atoms with Crippen LogP contribution in [0.2, 0.25) is 0 Å². The Morgan fingerprint density at radius 1 is 1.31 bits per heavy atom. The molecular weight excluding hydrogens is 455 g/mol. The Balaban J connectivity index is 0.00000289. The van der Waals surface area contributed by atoms with Crippen LogP contribution in [0.1, 0.15) is 36.6 Å². The highest BCUT2D eigenvalue weighted by Gasteiger charge is 2.40. The Kier molecular flexibility index (Phi) is 8.08. The van der Waals surface area contributed by atoms with Gasteiger partial charge in [0.1, 0.15) is 18.1 Å². The highest BCUT2D eigenvalue weighted by Crippen LogP contribution is 2.39. The summed E-state index contributed by atoms with van der Waals surface area (Å²) in [5.41, 5.74) is 2.00. The Morgan fingerprint density at radius 2 is 2.06 bits per heavy atom. The molecule has 1 aliphatic heterocycles. The second-order valence-electron chi connectivity index (χ2n) is 8.01. The van der Waals surface area contributed by atoms with E-state index in [9.17, 15) is 14.0 Å². The summed E-state index contributed by atoms with van der Waals surface area (Å²) in [4.78, 5) is 26.6. The van der Waals surface area contributed by atoms with Crippen molar-refractivity contribution in [1.82, 2.24) is 19.9 Å². The van der Waals surface area contributed by atoms with Crippen molar-refractivity contribution in [3.05, 3.63) is 53.1 Å². The van der Waals surface area contributed by atoms with Crippen molar-refractivity contribution in [2.24, 2.45) is 5.92 Å². The molecule has 2 heterocycles. The first kappa shape index (κ1) is 24.4. The van der Waals surface area contributed by atoms with Crippen LogP contribution in [-0.2, 0) is 20.9 Å². The summed E-state index contributed by atoms with van der Waals surface area (Å²) in [6.07, 6.45) is 6.02. The van der Waals surface area contributed by atoms with Gasteiger partial charge in [0.25, 0.3) is 0 Å². The van der Waals surface area contributed by atoms with E-state index in [-0.39, 0.29) is 41.7 Å². The van der Waals surface area contributed by atoms with Gasteiger partial charge in [0.05, 0.1) is 19.3 Å². The predicted molar refractivity (Wildman–Crippen MR) is 123 cm³/mol. The lowest BCUT2D eigenvalue weighted by molar-refractivity contribution is -0.141. The van der Waals surface area contributed by atoms with E-state index in [1.54, 1.807) is 24.4 Å². The molecule has 0 amide bonds. The first-order chi connectivity index (χ1) is 15.0. The van der Waals surface area contributed by atoms with Gasteiger partial charge in [0.15, 0.2) is 5.78 Å². The van der Waals surface area contributed by atoms with Crippen LogP contribution in [0, 0.1) is 11.7 Å². The first-order valence-corrected chi connectivity index (χ1v) is 10.9. The molecule has 2 atom stereocenters. The van der Waals surface area contributed by atoms with E-state index >= 15 is 0 Å². The topological polar surface area (TPSA) is 77.3 Å². The van der Waals surface area contributed by atoms with Gasteiger partial charge in [-0.3, -0.25) is 14.5 Å². The molecule has 0 radical (unpaired) electrons. The van der Waals surface area contributed by atoms with E-state index < -0.39 is 12.0 Å². The molecule has 1 saturated heterocycles. The van der Waals surface area contributed by atoms with Gasteiger partial charge < -0.3 is 4.74 Å². The van der Waals surface area contributed by atoms with Crippen molar-refractivity contribution >= 4 is 42.9 Å². The molecule has 1 aromatic heterocycles. The highest BCUT2D eigenvalue weighted by molar-refractivity contribution is 7.81. The van der Waals surface area contributed by atoms with Gasteiger partial charge in [-0.05, 0) is 37.0 Å². The Hall–Kier alpha value is -2.23. The van der Waals surface area contributed by atoms with Crippen molar-refractivity contribution in [2.45, 2.75) is 37.1 Å². The van der Waals surface area contributed by atoms with Gasteiger partial charge in [-0.25, -0.2) is 9.07 Å². The van der Waals surface area contributed by atoms with Gasteiger partial charge in [0.2, 0.25) is 0 Å². The van der Waals surface area contributed by atoms with Crippen LogP contribution in [0.3, 0.4) is 0 Å². The number of carbonyl (C=O) groups is 2. The van der Waals surface area contributed by atoms with Crippen molar-refractivity contribution in [3.8, 4) is 0 Å².